The summed E-state index contributed by atoms with van der Waals surface area (Å²) in [6, 6.07) is 10.1. The maximum Gasteiger partial charge on any atom is 0.410 e. The minimum Gasteiger partial charge on any atom is -0.450 e. The molecule has 1 aromatic carbocycles. The van der Waals surface area contributed by atoms with Gasteiger partial charge in [0.1, 0.15) is 0 Å². The van der Waals surface area contributed by atoms with E-state index in [0.717, 1.165) is 5.56 Å². The van der Waals surface area contributed by atoms with Crippen LogP contribution in [0.4, 0.5) is 4.79 Å². The molecule has 0 N–H and O–H groups in total. The summed E-state index contributed by atoms with van der Waals surface area (Å²) in [5.41, 5.74) is 1.12. The van der Waals surface area contributed by atoms with E-state index >= 15 is 0 Å². The van der Waals surface area contributed by atoms with Gasteiger partial charge in [-0.3, -0.25) is 4.90 Å². The number of ether oxygens (including phenoxy) is 1. The third-order valence-electron chi connectivity index (χ3n) is 2.73. The third kappa shape index (κ3) is 3.48. The Bertz CT molecular complexity index is 348. The molecule has 0 bridgehead atoms. The molecule has 1 rings (SSSR count). The first kappa shape index (κ1) is 13.6. The van der Waals surface area contributed by atoms with Crippen LogP contribution in [0.1, 0.15) is 39.3 Å². The number of amides is 1. The molecule has 1 amide bonds. The molecule has 0 saturated heterocycles. The molecule has 1 unspecified atom stereocenters. The van der Waals surface area contributed by atoms with Crippen LogP contribution in [0.15, 0.2) is 30.3 Å². The second-order valence-electron chi connectivity index (χ2n) is 4.29. The molecular weight excluding hydrogens is 214 g/mol. The fourth-order valence-corrected chi connectivity index (χ4v) is 1.91. The zero-order valence-electron chi connectivity index (χ0n) is 11.0. The molecule has 1 atom stereocenters. The molecular formula is C14H21NO2. The molecule has 3 nitrogen and oxygen atoms in total. The molecule has 1 aromatic rings. The van der Waals surface area contributed by atoms with Crippen LogP contribution in [-0.4, -0.2) is 23.6 Å². The van der Waals surface area contributed by atoms with Crippen LogP contribution in [0.5, 0.6) is 0 Å². The van der Waals surface area contributed by atoms with Crippen molar-refractivity contribution in [2.75, 3.05) is 6.61 Å². The van der Waals surface area contributed by atoms with Gasteiger partial charge in [0.25, 0.3) is 0 Å². The first-order chi connectivity index (χ1) is 8.07. The van der Waals surface area contributed by atoms with Crippen molar-refractivity contribution in [2.24, 2.45) is 0 Å². The number of hydrogen-bond donors (Lipinski definition) is 0. The number of carbonyl (C=O) groups is 1. The molecule has 0 aromatic heterocycles. The first-order valence-electron chi connectivity index (χ1n) is 6.08. The molecule has 0 saturated carbocycles. The number of hydrogen-bond acceptors (Lipinski definition) is 2. The monoisotopic (exact) mass is 235 g/mol. The standard InChI is InChI=1S/C14H21NO2/c1-5-17-14(16)15(11(2)3)12(4)13-9-7-6-8-10-13/h6-12H,5H2,1-4H3. The van der Waals surface area contributed by atoms with Gasteiger partial charge in [-0.2, -0.15) is 0 Å². The highest BCUT2D eigenvalue weighted by molar-refractivity contribution is 5.68. The van der Waals surface area contributed by atoms with Gasteiger partial charge in [0.05, 0.1) is 12.6 Å². The summed E-state index contributed by atoms with van der Waals surface area (Å²) in [5, 5.41) is 0. The lowest BCUT2D eigenvalue weighted by atomic mass is 10.1. The second-order valence-corrected chi connectivity index (χ2v) is 4.29. The maximum absolute atomic E-state index is 11.9. The Morgan fingerprint density at radius 3 is 2.29 bits per heavy atom. The Balaban J connectivity index is 2.88. The van der Waals surface area contributed by atoms with Crippen LogP contribution >= 0.6 is 0 Å². The molecule has 94 valence electrons. The largest absolute Gasteiger partial charge is 0.450 e. The van der Waals surface area contributed by atoms with Crippen molar-refractivity contribution in [3.63, 3.8) is 0 Å². The molecule has 0 aliphatic rings. The van der Waals surface area contributed by atoms with Crippen molar-refractivity contribution >= 4 is 6.09 Å². The van der Waals surface area contributed by atoms with Crippen molar-refractivity contribution in [3.8, 4) is 0 Å². The van der Waals surface area contributed by atoms with Crippen molar-refractivity contribution in [3.05, 3.63) is 35.9 Å². The highest BCUT2D eigenvalue weighted by atomic mass is 16.6. The lowest BCUT2D eigenvalue weighted by Crippen LogP contribution is -2.39. The van der Waals surface area contributed by atoms with E-state index < -0.39 is 0 Å². The van der Waals surface area contributed by atoms with Gasteiger partial charge in [-0.15, -0.1) is 0 Å². The van der Waals surface area contributed by atoms with E-state index in [4.69, 9.17) is 4.74 Å². The van der Waals surface area contributed by atoms with Gasteiger partial charge in [-0.05, 0) is 33.3 Å². The minimum atomic E-state index is -0.251. The van der Waals surface area contributed by atoms with Gasteiger partial charge in [-0.1, -0.05) is 30.3 Å². The summed E-state index contributed by atoms with van der Waals surface area (Å²) < 4.78 is 5.09. The quantitative estimate of drug-likeness (QED) is 0.797. The fourth-order valence-electron chi connectivity index (χ4n) is 1.91. The summed E-state index contributed by atoms with van der Waals surface area (Å²) in [6.45, 7) is 8.24. The third-order valence-corrected chi connectivity index (χ3v) is 2.73. The average Bonchev–Trinajstić information content (AvgIpc) is 2.30. The highest BCUT2D eigenvalue weighted by Crippen LogP contribution is 2.23. The van der Waals surface area contributed by atoms with Gasteiger partial charge in [0, 0.05) is 6.04 Å². The van der Waals surface area contributed by atoms with Crippen LogP contribution in [0.25, 0.3) is 0 Å². The van der Waals surface area contributed by atoms with Gasteiger partial charge >= 0.3 is 6.09 Å². The van der Waals surface area contributed by atoms with Gasteiger partial charge in [0.15, 0.2) is 0 Å². The normalized spacial score (nSPS) is 12.3. The topological polar surface area (TPSA) is 29.5 Å². The predicted molar refractivity (Wildman–Crippen MR) is 68.9 cm³/mol. The molecule has 0 spiro atoms. The van der Waals surface area contributed by atoms with E-state index in [-0.39, 0.29) is 18.2 Å². The van der Waals surface area contributed by atoms with E-state index in [0.29, 0.717) is 6.61 Å². The van der Waals surface area contributed by atoms with Crippen LogP contribution in [0.3, 0.4) is 0 Å². The Morgan fingerprint density at radius 1 is 1.24 bits per heavy atom. The number of nitrogens with zero attached hydrogens (tertiary/aromatic N) is 1. The van der Waals surface area contributed by atoms with Gasteiger partial charge in [0.2, 0.25) is 0 Å². The number of rotatable bonds is 4. The van der Waals surface area contributed by atoms with Crippen LogP contribution in [0.2, 0.25) is 0 Å². The average molecular weight is 235 g/mol. The highest BCUT2D eigenvalue weighted by Gasteiger charge is 2.24. The molecule has 3 heteroatoms. The van der Waals surface area contributed by atoms with E-state index in [9.17, 15) is 4.79 Å². The van der Waals surface area contributed by atoms with Crippen molar-refractivity contribution < 1.29 is 9.53 Å². The lowest BCUT2D eigenvalue weighted by molar-refractivity contribution is 0.0795. The summed E-state index contributed by atoms with van der Waals surface area (Å²) in [6.07, 6.45) is -0.251. The van der Waals surface area contributed by atoms with Crippen LogP contribution in [-0.2, 0) is 4.74 Å². The lowest BCUT2D eigenvalue weighted by Gasteiger charge is -2.32. The minimum absolute atomic E-state index is 0.0234. The molecule has 0 fully saturated rings. The Morgan fingerprint density at radius 2 is 1.82 bits per heavy atom. The van der Waals surface area contributed by atoms with Crippen molar-refractivity contribution in [1.29, 1.82) is 0 Å². The molecule has 17 heavy (non-hydrogen) atoms. The van der Waals surface area contributed by atoms with Crippen molar-refractivity contribution in [2.45, 2.75) is 39.8 Å². The van der Waals surface area contributed by atoms with E-state index in [1.165, 1.54) is 0 Å². The summed E-state index contributed by atoms with van der Waals surface area (Å²) in [4.78, 5) is 13.7. The molecule has 0 radical (unpaired) electrons. The summed E-state index contributed by atoms with van der Waals surface area (Å²) in [7, 11) is 0. The van der Waals surface area contributed by atoms with Crippen molar-refractivity contribution in [1.82, 2.24) is 4.90 Å². The Labute approximate surface area is 103 Å². The summed E-state index contributed by atoms with van der Waals surface area (Å²) >= 11 is 0. The Kier molecular flexibility index (Phi) is 5.01. The molecule has 0 aliphatic carbocycles. The van der Waals surface area contributed by atoms with E-state index in [1.54, 1.807) is 4.90 Å². The smallest absolute Gasteiger partial charge is 0.410 e. The van der Waals surface area contributed by atoms with Crippen LogP contribution < -0.4 is 0 Å². The fraction of sp³-hybridized carbons (Fsp3) is 0.500. The van der Waals surface area contributed by atoms with Gasteiger partial charge < -0.3 is 4.74 Å². The second kappa shape index (κ2) is 6.28. The first-order valence-corrected chi connectivity index (χ1v) is 6.08. The van der Waals surface area contributed by atoms with Crippen LogP contribution in [0, 0.1) is 0 Å². The SMILES string of the molecule is CCOC(=O)N(C(C)C)C(C)c1ccccc1. The van der Waals surface area contributed by atoms with E-state index in [1.807, 2.05) is 58.0 Å². The van der Waals surface area contributed by atoms with E-state index in [2.05, 4.69) is 0 Å². The van der Waals surface area contributed by atoms with Gasteiger partial charge in [-0.25, -0.2) is 4.79 Å². The summed E-state index contributed by atoms with van der Waals surface area (Å²) in [5.74, 6) is 0. The zero-order chi connectivity index (χ0) is 12.8. The molecule has 0 heterocycles. The zero-order valence-corrected chi connectivity index (χ0v) is 11.0. The maximum atomic E-state index is 11.9. The number of carbonyl (C=O) groups excluding carboxylic acids is 1. The molecule has 0 aliphatic heterocycles. The number of benzene rings is 1. The Hall–Kier alpha value is -1.51. The predicted octanol–water partition coefficient (Wildman–Crippen LogP) is 3.61.